The van der Waals surface area contributed by atoms with Gasteiger partial charge in [0, 0.05) is 30.9 Å². The van der Waals surface area contributed by atoms with Crippen molar-refractivity contribution in [2.45, 2.75) is 4.90 Å². The van der Waals surface area contributed by atoms with Crippen LogP contribution in [0.15, 0.2) is 53.4 Å². The smallest absolute Gasteiger partial charge is 0.269 e. The Kier molecular flexibility index (Phi) is 6.79. The monoisotopic (exact) mass is 396 g/mol. The highest BCUT2D eigenvalue weighted by Crippen LogP contribution is 2.14. The van der Waals surface area contributed by atoms with E-state index in [9.17, 15) is 27.7 Å². The van der Waals surface area contributed by atoms with Crippen LogP contribution < -0.4 is 15.4 Å². The number of amides is 1. The van der Waals surface area contributed by atoms with E-state index in [4.69, 9.17) is 0 Å². The van der Waals surface area contributed by atoms with Gasteiger partial charge in [-0.05, 0) is 30.3 Å². The fourth-order valence-electron chi connectivity index (χ4n) is 2.05. The highest BCUT2D eigenvalue weighted by Gasteiger charge is 2.15. The second-order valence-corrected chi connectivity index (χ2v) is 7.13. The van der Waals surface area contributed by atoms with Crippen molar-refractivity contribution in [3.8, 4) is 0 Å². The molecule has 0 unspecified atom stereocenters. The van der Waals surface area contributed by atoms with Gasteiger partial charge in [-0.2, -0.15) is 0 Å². The van der Waals surface area contributed by atoms with Gasteiger partial charge in [-0.1, -0.05) is 6.07 Å². The number of hydrogen-bond acceptors (Lipinski definition) is 6. The first kappa shape index (κ1) is 20.3. The third kappa shape index (κ3) is 6.31. The number of hydrogen-bond donors (Lipinski definition) is 3. The highest BCUT2D eigenvalue weighted by molar-refractivity contribution is 7.89. The number of nitrogens with zero attached hydrogens (tertiary/aromatic N) is 1. The molecule has 3 N–H and O–H groups in total. The normalized spacial score (nSPS) is 11.0. The van der Waals surface area contributed by atoms with Crippen LogP contribution in [0.2, 0.25) is 0 Å². The van der Waals surface area contributed by atoms with E-state index in [2.05, 4.69) is 15.4 Å². The zero-order valence-corrected chi connectivity index (χ0v) is 14.8. The molecule has 2 rings (SSSR count). The van der Waals surface area contributed by atoms with E-state index in [-0.39, 0.29) is 17.1 Å². The summed E-state index contributed by atoms with van der Waals surface area (Å²) in [6.45, 7) is 0.0497. The van der Waals surface area contributed by atoms with E-state index < -0.39 is 33.2 Å². The SMILES string of the molecule is O=C(CNS(=O)(=O)c1cccc(F)c1)NCCNc1ccc([N+](=O)[O-])cc1. The Hall–Kier alpha value is -3.05. The fourth-order valence-corrected chi connectivity index (χ4v) is 3.06. The topological polar surface area (TPSA) is 130 Å². The van der Waals surface area contributed by atoms with Crippen LogP contribution in [-0.4, -0.2) is 38.9 Å². The van der Waals surface area contributed by atoms with Gasteiger partial charge in [0.25, 0.3) is 5.69 Å². The van der Waals surface area contributed by atoms with Crippen LogP contribution in [-0.2, 0) is 14.8 Å². The van der Waals surface area contributed by atoms with E-state index in [1.54, 1.807) is 0 Å². The Morgan fingerprint density at radius 3 is 2.44 bits per heavy atom. The molecule has 0 atom stereocenters. The summed E-state index contributed by atoms with van der Waals surface area (Å²) in [5.41, 5.74) is 0.612. The van der Waals surface area contributed by atoms with E-state index in [0.29, 0.717) is 12.2 Å². The van der Waals surface area contributed by atoms with Crippen molar-refractivity contribution < 1.29 is 22.5 Å². The Bertz CT molecular complexity index is 919. The minimum atomic E-state index is -3.98. The van der Waals surface area contributed by atoms with Crippen LogP contribution in [0.5, 0.6) is 0 Å². The molecule has 0 fully saturated rings. The van der Waals surface area contributed by atoms with Gasteiger partial charge in [-0.3, -0.25) is 14.9 Å². The molecule has 9 nitrogen and oxygen atoms in total. The number of anilines is 1. The molecule has 0 radical (unpaired) electrons. The first-order valence-corrected chi connectivity index (χ1v) is 9.26. The van der Waals surface area contributed by atoms with E-state index >= 15 is 0 Å². The second kappa shape index (κ2) is 9.05. The summed E-state index contributed by atoms with van der Waals surface area (Å²) in [6.07, 6.45) is 0. The summed E-state index contributed by atoms with van der Waals surface area (Å²) < 4.78 is 39.1. The quantitative estimate of drug-likeness (QED) is 0.332. The van der Waals surface area contributed by atoms with Crippen molar-refractivity contribution in [3.05, 3.63) is 64.5 Å². The first-order chi connectivity index (χ1) is 12.8. The molecule has 144 valence electrons. The largest absolute Gasteiger partial charge is 0.383 e. The third-order valence-corrected chi connectivity index (χ3v) is 4.78. The molecule has 11 heteroatoms. The Morgan fingerprint density at radius 1 is 1.11 bits per heavy atom. The van der Waals surface area contributed by atoms with Crippen LogP contribution >= 0.6 is 0 Å². The number of nitrogens with one attached hydrogen (secondary N) is 3. The maximum atomic E-state index is 13.1. The van der Waals surface area contributed by atoms with Crippen molar-refractivity contribution in [1.82, 2.24) is 10.0 Å². The zero-order valence-electron chi connectivity index (χ0n) is 14.0. The van der Waals surface area contributed by atoms with Crippen LogP contribution in [0.3, 0.4) is 0 Å². The second-order valence-electron chi connectivity index (χ2n) is 5.36. The van der Waals surface area contributed by atoms with Gasteiger partial charge in [-0.25, -0.2) is 17.5 Å². The lowest BCUT2D eigenvalue weighted by molar-refractivity contribution is -0.384. The average Bonchev–Trinajstić information content (AvgIpc) is 2.64. The summed E-state index contributed by atoms with van der Waals surface area (Å²) in [7, 11) is -3.98. The predicted molar refractivity (Wildman–Crippen MR) is 96.2 cm³/mol. The van der Waals surface area contributed by atoms with Gasteiger partial charge in [0.1, 0.15) is 5.82 Å². The summed E-state index contributed by atoms with van der Waals surface area (Å²) in [4.78, 5) is 21.5. The summed E-state index contributed by atoms with van der Waals surface area (Å²) in [6, 6.07) is 10.2. The lowest BCUT2D eigenvalue weighted by atomic mass is 10.3. The van der Waals surface area contributed by atoms with Gasteiger partial charge in [0.2, 0.25) is 15.9 Å². The molecular weight excluding hydrogens is 379 g/mol. The molecule has 0 saturated heterocycles. The molecule has 0 aliphatic carbocycles. The lowest BCUT2D eigenvalue weighted by Gasteiger charge is -2.09. The molecule has 0 bridgehead atoms. The van der Waals surface area contributed by atoms with Crippen molar-refractivity contribution in [3.63, 3.8) is 0 Å². The van der Waals surface area contributed by atoms with Crippen LogP contribution in [0.1, 0.15) is 0 Å². The molecule has 0 heterocycles. The number of rotatable bonds is 9. The van der Waals surface area contributed by atoms with Gasteiger partial charge >= 0.3 is 0 Å². The van der Waals surface area contributed by atoms with Gasteiger partial charge in [-0.15, -0.1) is 0 Å². The number of carbonyl (C=O) groups is 1. The molecule has 0 spiro atoms. The van der Waals surface area contributed by atoms with Crippen LogP contribution in [0, 0.1) is 15.9 Å². The first-order valence-electron chi connectivity index (χ1n) is 7.78. The highest BCUT2D eigenvalue weighted by atomic mass is 32.2. The minimum absolute atomic E-state index is 0.0283. The molecule has 0 saturated carbocycles. The average molecular weight is 396 g/mol. The molecule has 2 aromatic carbocycles. The van der Waals surface area contributed by atoms with Gasteiger partial charge in [0.05, 0.1) is 16.4 Å². The summed E-state index contributed by atoms with van der Waals surface area (Å²) >= 11 is 0. The van der Waals surface area contributed by atoms with Crippen molar-refractivity contribution in [1.29, 1.82) is 0 Å². The molecule has 0 aromatic heterocycles. The lowest BCUT2D eigenvalue weighted by Crippen LogP contribution is -2.38. The van der Waals surface area contributed by atoms with Crippen molar-refractivity contribution >= 4 is 27.3 Å². The van der Waals surface area contributed by atoms with E-state index in [0.717, 1.165) is 12.1 Å². The maximum absolute atomic E-state index is 13.1. The summed E-state index contributed by atoms with van der Waals surface area (Å²) in [5.74, 6) is -1.25. The number of sulfonamides is 1. The molecule has 27 heavy (non-hydrogen) atoms. The maximum Gasteiger partial charge on any atom is 0.269 e. The van der Waals surface area contributed by atoms with E-state index in [1.165, 1.54) is 36.4 Å². The fraction of sp³-hybridized carbons (Fsp3) is 0.188. The Labute approximate surface area is 154 Å². The molecule has 1 amide bonds. The number of non-ortho nitro benzene ring substituents is 1. The molecular formula is C16H17FN4O5S. The van der Waals surface area contributed by atoms with Crippen molar-refractivity contribution in [2.24, 2.45) is 0 Å². The van der Waals surface area contributed by atoms with E-state index in [1.807, 2.05) is 0 Å². The number of nitro groups is 1. The van der Waals surface area contributed by atoms with Crippen LogP contribution in [0.25, 0.3) is 0 Å². The number of nitro benzene ring substituents is 1. The van der Waals surface area contributed by atoms with Crippen LogP contribution in [0.4, 0.5) is 15.8 Å². The molecule has 0 aliphatic heterocycles. The number of carbonyl (C=O) groups excluding carboxylic acids is 1. The standard InChI is InChI=1S/C16H17FN4O5S/c17-12-2-1-3-15(10-12)27(25,26)20-11-16(22)19-9-8-18-13-4-6-14(7-5-13)21(23)24/h1-7,10,18,20H,8-9,11H2,(H,19,22). The minimum Gasteiger partial charge on any atom is -0.383 e. The van der Waals surface area contributed by atoms with Gasteiger partial charge in [0.15, 0.2) is 0 Å². The Balaban J connectivity index is 1.72. The third-order valence-electron chi connectivity index (χ3n) is 3.38. The predicted octanol–water partition coefficient (Wildman–Crippen LogP) is 1.24. The van der Waals surface area contributed by atoms with Gasteiger partial charge < -0.3 is 10.6 Å². The molecule has 2 aromatic rings. The zero-order chi connectivity index (χ0) is 19.9. The van der Waals surface area contributed by atoms with Crippen molar-refractivity contribution in [2.75, 3.05) is 25.0 Å². The number of halogens is 1. The molecule has 0 aliphatic rings. The Morgan fingerprint density at radius 2 is 1.81 bits per heavy atom. The summed E-state index contributed by atoms with van der Waals surface area (Å²) in [5, 5.41) is 16.0. The number of benzene rings is 2.